The average Bonchev–Trinajstić information content (AvgIpc) is 2.34. The number of Topliss-reactive ketones (excluding diaryl/α,β-unsaturated/α-hetero) is 1. The highest BCUT2D eigenvalue weighted by molar-refractivity contribution is 7.10. The van der Waals surface area contributed by atoms with Gasteiger partial charge in [-0.05, 0) is 24.3 Å². The van der Waals surface area contributed by atoms with E-state index in [2.05, 4.69) is 0 Å². The van der Waals surface area contributed by atoms with Crippen molar-refractivity contribution >= 4 is 17.1 Å². The summed E-state index contributed by atoms with van der Waals surface area (Å²) in [6.07, 6.45) is 4.18. The van der Waals surface area contributed by atoms with E-state index in [1.165, 1.54) is 11.3 Å². The SMILES string of the molecule is O=C(Cc1cccs1)C1CCC1. The summed E-state index contributed by atoms with van der Waals surface area (Å²) < 4.78 is 0. The molecular formula is C10H12OS. The molecule has 0 radical (unpaired) electrons. The van der Waals surface area contributed by atoms with Crippen LogP contribution in [0.4, 0.5) is 0 Å². The van der Waals surface area contributed by atoms with Crippen LogP contribution >= 0.6 is 11.3 Å². The average molecular weight is 180 g/mol. The van der Waals surface area contributed by atoms with Gasteiger partial charge in [0.05, 0.1) is 0 Å². The molecule has 1 nitrogen and oxygen atoms in total. The molecule has 0 amide bonds. The van der Waals surface area contributed by atoms with Crippen LogP contribution in [0.2, 0.25) is 0 Å². The third-order valence-corrected chi connectivity index (χ3v) is 3.37. The molecule has 2 rings (SSSR count). The van der Waals surface area contributed by atoms with Crippen molar-refractivity contribution in [3.8, 4) is 0 Å². The third kappa shape index (κ3) is 1.58. The maximum atomic E-state index is 11.5. The zero-order valence-corrected chi connectivity index (χ0v) is 7.77. The smallest absolute Gasteiger partial charge is 0.141 e. The molecule has 12 heavy (non-hydrogen) atoms. The van der Waals surface area contributed by atoms with E-state index in [1.807, 2.05) is 17.5 Å². The summed E-state index contributed by atoms with van der Waals surface area (Å²) in [7, 11) is 0. The van der Waals surface area contributed by atoms with Gasteiger partial charge in [-0.25, -0.2) is 0 Å². The fourth-order valence-corrected chi connectivity index (χ4v) is 2.17. The van der Waals surface area contributed by atoms with Crippen molar-refractivity contribution in [1.29, 1.82) is 0 Å². The number of ketones is 1. The molecule has 1 saturated carbocycles. The first-order valence-electron chi connectivity index (χ1n) is 4.41. The standard InChI is InChI=1S/C10H12OS/c11-10(8-3-1-4-8)7-9-5-2-6-12-9/h2,5-6,8H,1,3-4,7H2. The highest BCUT2D eigenvalue weighted by atomic mass is 32.1. The van der Waals surface area contributed by atoms with Crippen molar-refractivity contribution in [2.45, 2.75) is 25.7 Å². The number of hydrogen-bond acceptors (Lipinski definition) is 2. The normalized spacial score (nSPS) is 17.3. The van der Waals surface area contributed by atoms with E-state index in [1.54, 1.807) is 11.3 Å². The molecule has 1 aromatic rings. The van der Waals surface area contributed by atoms with Crippen molar-refractivity contribution in [2.75, 3.05) is 0 Å². The van der Waals surface area contributed by atoms with E-state index < -0.39 is 0 Å². The molecule has 0 bridgehead atoms. The summed E-state index contributed by atoms with van der Waals surface area (Å²) in [5.41, 5.74) is 0. The van der Waals surface area contributed by atoms with Crippen LogP contribution in [-0.4, -0.2) is 5.78 Å². The van der Waals surface area contributed by atoms with E-state index in [-0.39, 0.29) is 0 Å². The zero-order valence-electron chi connectivity index (χ0n) is 6.95. The van der Waals surface area contributed by atoms with Crippen LogP contribution in [-0.2, 0) is 11.2 Å². The van der Waals surface area contributed by atoms with Crippen LogP contribution in [0.5, 0.6) is 0 Å². The third-order valence-electron chi connectivity index (χ3n) is 2.49. The van der Waals surface area contributed by atoms with Crippen molar-refractivity contribution < 1.29 is 4.79 Å². The molecule has 0 unspecified atom stereocenters. The van der Waals surface area contributed by atoms with E-state index in [4.69, 9.17) is 0 Å². The van der Waals surface area contributed by atoms with Crippen LogP contribution in [0.1, 0.15) is 24.1 Å². The highest BCUT2D eigenvalue weighted by Crippen LogP contribution is 2.28. The lowest BCUT2D eigenvalue weighted by molar-refractivity contribution is -0.124. The number of rotatable bonds is 3. The van der Waals surface area contributed by atoms with Gasteiger partial charge in [0.25, 0.3) is 0 Å². The molecule has 1 aliphatic rings. The molecule has 64 valence electrons. The molecular weight excluding hydrogens is 168 g/mol. The summed E-state index contributed by atoms with van der Waals surface area (Å²) >= 11 is 1.68. The maximum Gasteiger partial charge on any atom is 0.141 e. The van der Waals surface area contributed by atoms with Crippen molar-refractivity contribution in [3.05, 3.63) is 22.4 Å². The van der Waals surface area contributed by atoms with Crippen LogP contribution in [0.15, 0.2) is 17.5 Å². The molecule has 0 saturated heterocycles. The Balaban J connectivity index is 1.90. The number of carbonyl (C=O) groups is 1. The van der Waals surface area contributed by atoms with Gasteiger partial charge < -0.3 is 0 Å². The lowest BCUT2D eigenvalue weighted by Gasteiger charge is -2.23. The van der Waals surface area contributed by atoms with Gasteiger partial charge >= 0.3 is 0 Å². The largest absolute Gasteiger partial charge is 0.299 e. The van der Waals surface area contributed by atoms with E-state index in [0.717, 1.165) is 12.8 Å². The van der Waals surface area contributed by atoms with Gasteiger partial charge in [-0.2, -0.15) is 0 Å². The Labute approximate surface area is 76.4 Å². The molecule has 0 aliphatic heterocycles. The number of hydrogen-bond donors (Lipinski definition) is 0. The summed E-state index contributed by atoms with van der Waals surface area (Å²) in [5, 5.41) is 2.03. The number of thiophene rings is 1. The molecule has 0 N–H and O–H groups in total. The minimum atomic E-state index is 0.395. The molecule has 1 aliphatic carbocycles. The second-order valence-corrected chi connectivity index (χ2v) is 4.38. The Morgan fingerprint density at radius 3 is 2.92 bits per heavy atom. The lowest BCUT2D eigenvalue weighted by atomic mass is 9.81. The van der Waals surface area contributed by atoms with Gasteiger partial charge in [-0.3, -0.25) is 4.79 Å². The van der Waals surface area contributed by atoms with Crippen molar-refractivity contribution in [2.24, 2.45) is 5.92 Å². The Bertz CT molecular complexity index is 259. The Kier molecular flexibility index (Phi) is 2.26. The summed E-state index contributed by atoms with van der Waals surface area (Å²) in [6, 6.07) is 4.05. The van der Waals surface area contributed by atoms with Gasteiger partial charge in [0.1, 0.15) is 5.78 Å². The van der Waals surface area contributed by atoms with E-state index >= 15 is 0 Å². The Morgan fingerprint density at radius 1 is 1.58 bits per heavy atom. The minimum Gasteiger partial charge on any atom is -0.299 e. The van der Waals surface area contributed by atoms with Crippen LogP contribution < -0.4 is 0 Å². The van der Waals surface area contributed by atoms with Crippen LogP contribution in [0.3, 0.4) is 0 Å². The van der Waals surface area contributed by atoms with Gasteiger partial charge in [-0.15, -0.1) is 11.3 Å². The van der Waals surface area contributed by atoms with Crippen LogP contribution in [0, 0.1) is 5.92 Å². The van der Waals surface area contributed by atoms with Crippen molar-refractivity contribution in [3.63, 3.8) is 0 Å². The molecule has 0 spiro atoms. The molecule has 2 heteroatoms. The second kappa shape index (κ2) is 3.40. The first-order chi connectivity index (χ1) is 5.86. The Morgan fingerprint density at radius 2 is 2.42 bits per heavy atom. The minimum absolute atomic E-state index is 0.395. The van der Waals surface area contributed by atoms with Crippen LogP contribution in [0.25, 0.3) is 0 Å². The monoisotopic (exact) mass is 180 g/mol. The lowest BCUT2D eigenvalue weighted by Crippen LogP contribution is -2.23. The molecule has 0 aromatic carbocycles. The predicted molar refractivity (Wildman–Crippen MR) is 50.4 cm³/mol. The van der Waals surface area contributed by atoms with Gasteiger partial charge in [-0.1, -0.05) is 12.5 Å². The highest BCUT2D eigenvalue weighted by Gasteiger charge is 2.24. The number of carbonyl (C=O) groups excluding carboxylic acids is 1. The first-order valence-corrected chi connectivity index (χ1v) is 5.29. The molecule has 1 heterocycles. The van der Waals surface area contributed by atoms with Gasteiger partial charge in [0.2, 0.25) is 0 Å². The first kappa shape index (κ1) is 7.99. The Hall–Kier alpha value is -0.630. The molecule has 0 atom stereocenters. The zero-order chi connectivity index (χ0) is 8.39. The van der Waals surface area contributed by atoms with Gasteiger partial charge in [0, 0.05) is 17.2 Å². The second-order valence-electron chi connectivity index (χ2n) is 3.35. The fourth-order valence-electron chi connectivity index (χ4n) is 1.46. The van der Waals surface area contributed by atoms with Crippen molar-refractivity contribution in [1.82, 2.24) is 0 Å². The van der Waals surface area contributed by atoms with E-state index in [0.29, 0.717) is 18.1 Å². The summed E-state index contributed by atoms with van der Waals surface area (Å²) in [4.78, 5) is 12.7. The molecule has 1 aromatic heterocycles. The predicted octanol–water partition coefficient (Wildman–Crippen LogP) is 2.66. The molecule has 1 fully saturated rings. The summed E-state index contributed by atoms with van der Waals surface area (Å²) in [6.45, 7) is 0. The topological polar surface area (TPSA) is 17.1 Å². The summed E-state index contributed by atoms with van der Waals surface area (Å²) in [5.74, 6) is 0.843. The fraction of sp³-hybridized carbons (Fsp3) is 0.500. The quantitative estimate of drug-likeness (QED) is 0.699. The van der Waals surface area contributed by atoms with Gasteiger partial charge in [0.15, 0.2) is 0 Å². The van der Waals surface area contributed by atoms with E-state index in [9.17, 15) is 4.79 Å². The maximum absolute atomic E-state index is 11.5.